The number of rotatable bonds is 4. The molecule has 0 spiro atoms. The molecule has 0 bridgehead atoms. The van der Waals surface area contributed by atoms with Gasteiger partial charge in [-0.1, -0.05) is 35.8 Å². The van der Waals surface area contributed by atoms with Gasteiger partial charge in [-0.3, -0.25) is 4.90 Å². The van der Waals surface area contributed by atoms with Gasteiger partial charge in [0.1, 0.15) is 0 Å². The Hall–Kier alpha value is -1.43. The predicted molar refractivity (Wildman–Crippen MR) is 88.8 cm³/mol. The van der Waals surface area contributed by atoms with Crippen molar-refractivity contribution in [3.05, 3.63) is 35.7 Å². The lowest BCUT2D eigenvalue weighted by Gasteiger charge is -2.21. The van der Waals surface area contributed by atoms with Crippen molar-refractivity contribution in [3.8, 4) is 11.4 Å². The summed E-state index contributed by atoms with van der Waals surface area (Å²) in [6, 6.07) is 8.13. The van der Waals surface area contributed by atoms with Gasteiger partial charge < -0.3 is 10.3 Å². The molecule has 1 aromatic carbocycles. The third-order valence-corrected chi connectivity index (χ3v) is 4.23. The van der Waals surface area contributed by atoms with Crippen LogP contribution in [0.2, 0.25) is 0 Å². The molecule has 1 saturated heterocycles. The molecule has 2 N–H and O–H groups in total. The molecule has 3 rings (SSSR count). The molecule has 1 aliphatic rings. The lowest BCUT2D eigenvalue weighted by atomic mass is 9.90. The van der Waals surface area contributed by atoms with Gasteiger partial charge in [0.2, 0.25) is 11.7 Å². The largest absolute Gasteiger partial charge is 0.338 e. The van der Waals surface area contributed by atoms with Crippen molar-refractivity contribution in [1.29, 1.82) is 0 Å². The van der Waals surface area contributed by atoms with E-state index in [0.717, 1.165) is 31.6 Å². The summed E-state index contributed by atoms with van der Waals surface area (Å²) >= 11 is 0. The first-order valence-corrected chi connectivity index (χ1v) is 7.40. The van der Waals surface area contributed by atoms with Crippen molar-refractivity contribution in [2.24, 2.45) is 11.1 Å². The summed E-state index contributed by atoms with van der Waals surface area (Å²) in [4.78, 5) is 6.84. The fourth-order valence-electron chi connectivity index (χ4n) is 2.84. The van der Waals surface area contributed by atoms with E-state index in [-0.39, 0.29) is 17.8 Å². The van der Waals surface area contributed by atoms with Crippen LogP contribution in [0.3, 0.4) is 0 Å². The second-order valence-electron chi connectivity index (χ2n) is 6.36. The Balaban J connectivity index is 0.00000176. The molecule has 5 nitrogen and oxygen atoms in total. The van der Waals surface area contributed by atoms with Crippen LogP contribution in [0.5, 0.6) is 0 Å². The minimum Gasteiger partial charge on any atom is -0.338 e. The predicted octanol–water partition coefficient (Wildman–Crippen LogP) is 2.64. The number of aromatic nitrogens is 2. The molecule has 1 atom stereocenters. The Morgan fingerprint density at radius 3 is 2.91 bits per heavy atom. The van der Waals surface area contributed by atoms with E-state index in [1.807, 2.05) is 12.1 Å². The topological polar surface area (TPSA) is 68.2 Å². The fraction of sp³-hybridized carbons (Fsp3) is 0.500. The smallest absolute Gasteiger partial charge is 0.241 e. The zero-order valence-electron chi connectivity index (χ0n) is 13.1. The summed E-state index contributed by atoms with van der Waals surface area (Å²) in [5.41, 5.74) is 8.25. The number of likely N-dealkylation sites (tertiary alicyclic amines) is 1. The van der Waals surface area contributed by atoms with Crippen molar-refractivity contribution in [2.45, 2.75) is 26.8 Å². The van der Waals surface area contributed by atoms with Crippen LogP contribution in [0.4, 0.5) is 0 Å². The molecule has 6 heteroatoms. The third kappa shape index (κ3) is 3.66. The minimum absolute atomic E-state index is 0. The van der Waals surface area contributed by atoms with Crippen molar-refractivity contribution < 1.29 is 4.52 Å². The summed E-state index contributed by atoms with van der Waals surface area (Å²) in [5.74, 6) is 1.34. The van der Waals surface area contributed by atoms with Crippen LogP contribution >= 0.6 is 12.4 Å². The second-order valence-corrected chi connectivity index (χ2v) is 6.36. The number of nitrogens with two attached hydrogens (primary N) is 1. The van der Waals surface area contributed by atoms with Gasteiger partial charge in [-0.15, -0.1) is 12.4 Å². The number of benzene rings is 1. The third-order valence-electron chi connectivity index (χ3n) is 4.23. The number of halogens is 1. The highest BCUT2D eigenvalue weighted by Gasteiger charge is 2.33. The minimum atomic E-state index is 0. The van der Waals surface area contributed by atoms with E-state index in [4.69, 9.17) is 10.3 Å². The quantitative estimate of drug-likeness (QED) is 0.937. The monoisotopic (exact) mass is 322 g/mol. The maximum atomic E-state index is 5.84. The van der Waals surface area contributed by atoms with Crippen LogP contribution in [0.1, 0.15) is 24.8 Å². The summed E-state index contributed by atoms with van der Waals surface area (Å²) in [7, 11) is 0. The van der Waals surface area contributed by atoms with E-state index in [2.05, 4.69) is 41.0 Å². The van der Waals surface area contributed by atoms with Gasteiger partial charge in [-0.05, 0) is 37.9 Å². The van der Waals surface area contributed by atoms with Crippen molar-refractivity contribution in [2.75, 3.05) is 19.6 Å². The lowest BCUT2D eigenvalue weighted by Crippen LogP contribution is -2.31. The molecule has 0 saturated carbocycles. The maximum absolute atomic E-state index is 5.84. The SMILES string of the molecule is Cc1cccc(-c2noc(CN3CCC(C)(CN)C3)n2)c1.Cl. The van der Waals surface area contributed by atoms with E-state index >= 15 is 0 Å². The molecule has 1 fully saturated rings. The molecule has 1 aliphatic heterocycles. The number of hydrogen-bond donors (Lipinski definition) is 1. The van der Waals surface area contributed by atoms with Gasteiger partial charge in [-0.2, -0.15) is 4.98 Å². The Morgan fingerprint density at radius 1 is 1.41 bits per heavy atom. The van der Waals surface area contributed by atoms with Crippen LogP contribution in [-0.2, 0) is 6.54 Å². The van der Waals surface area contributed by atoms with Crippen molar-refractivity contribution in [1.82, 2.24) is 15.0 Å². The van der Waals surface area contributed by atoms with Crippen LogP contribution in [-0.4, -0.2) is 34.7 Å². The first-order chi connectivity index (χ1) is 10.1. The van der Waals surface area contributed by atoms with Crippen molar-refractivity contribution >= 4 is 12.4 Å². The molecule has 120 valence electrons. The number of nitrogens with zero attached hydrogens (tertiary/aromatic N) is 3. The first-order valence-electron chi connectivity index (χ1n) is 7.40. The van der Waals surface area contributed by atoms with E-state index in [1.54, 1.807) is 0 Å². The molecule has 0 aliphatic carbocycles. The Morgan fingerprint density at radius 2 is 2.23 bits per heavy atom. The van der Waals surface area contributed by atoms with E-state index < -0.39 is 0 Å². The molecule has 0 radical (unpaired) electrons. The fourth-order valence-corrected chi connectivity index (χ4v) is 2.84. The number of aryl methyl sites for hydroxylation is 1. The van der Waals surface area contributed by atoms with Gasteiger partial charge in [0, 0.05) is 12.1 Å². The zero-order chi connectivity index (χ0) is 14.9. The van der Waals surface area contributed by atoms with Crippen LogP contribution in [0.25, 0.3) is 11.4 Å². The van der Waals surface area contributed by atoms with Gasteiger partial charge in [0.25, 0.3) is 0 Å². The average Bonchev–Trinajstić information content (AvgIpc) is 3.07. The molecular weight excluding hydrogens is 300 g/mol. The molecule has 2 aromatic rings. The number of hydrogen-bond acceptors (Lipinski definition) is 5. The molecule has 1 aromatic heterocycles. The average molecular weight is 323 g/mol. The molecule has 1 unspecified atom stereocenters. The van der Waals surface area contributed by atoms with E-state index in [9.17, 15) is 0 Å². The molecule has 22 heavy (non-hydrogen) atoms. The maximum Gasteiger partial charge on any atom is 0.241 e. The second kappa shape index (κ2) is 6.77. The van der Waals surface area contributed by atoms with Gasteiger partial charge in [0.15, 0.2) is 0 Å². The summed E-state index contributed by atoms with van der Waals surface area (Å²) in [6.07, 6.45) is 1.13. The summed E-state index contributed by atoms with van der Waals surface area (Å²) in [5, 5.41) is 4.09. The molecule has 2 heterocycles. The van der Waals surface area contributed by atoms with Crippen LogP contribution < -0.4 is 5.73 Å². The first kappa shape index (κ1) is 16.9. The highest BCUT2D eigenvalue weighted by atomic mass is 35.5. The van der Waals surface area contributed by atoms with Gasteiger partial charge in [0.05, 0.1) is 6.54 Å². The van der Waals surface area contributed by atoms with Gasteiger partial charge >= 0.3 is 0 Å². The normalized spacial score (nSPS) is 21.8. The summed E-state index contributed by atoms with van der Waals surface area (Å²) < 4.78 is 5.39. The van der Waals surface area contributed by atoms with E-state index in [0.29, 0.717) is 18.3 Å². The molecule has 0 amide bonds. The Labute approximate surface area is 137 Å². The highest BCUT2D eigenvalue weighted by Crippen LogP contribution is 2.29. The van der Waals surface area contributed by atoms with Gasteiger partial charge in [-0.25, -0.2) is 0 Å². The Kier molecular flexibility index (Phi) is 5.21. The van der Waals surface area contributed by atoms with Crippen molar-refractivity contribution in [3.63, 3.8) is 0 Å². The molecular formula is C16H23ClN4O. The Bertz CT molecular complexity index is 630. The lowest BCUT2D eigenvalue weighted by molar-refractivity contribution is 0.239. The highest BCUT2D eigenvalue weighted by molar-refractivity contribution is 5.85. The summed E-state index contributed by atoms with van der Waals surface area (Å²) in [6.45, 7) is 7.75. The van der Waals surface area contributed by atoms with Crippen LogP contribution in [0, 0.1) is 12.3 Å². The zero-order valence-corrected chi connectivity index (χ0v) is 13.9. The van der Waals surface area contributed by atoms with Crippen LogP contribution in [0.15, 0.2) is 28.8 Å². The van der Waals surface area contributed by atoms with E-state index in [1.165, 1.54) is 5.56 Å². The standard InChI is InChI=1S/C16H22N4O.ClH/c1-12-4-3-5-13(8-12)15-18-14(21-19-15)9-20-7-6-16(2,10-17)11-20;/h3-5,8H,6-7,9-11,17H2,1-2H3;1H.